The number of nitrogens with zero attached hydrogens (tertiary/aromatic N) is 1. The van der Waals surface area contributed by atoms with Gasteiger partial charge in [0, 0.05) is 31.3 Å². The standard InChI is InChI=1S/C19H19F2N3O2/c1-2-18(25)24-8-7-13-9-12(3-6-17(13)24)11-22-19(26)23-16-10-14(20)4-5-15(16)21/h3-6,9-10H,2,7-8,11H2,1H3,(H2,22,23,26). The third-order valence-corrected chi connectivity index (χ3v) is 4.27. The summed E-state index contributed by atoms with van der Waals surface area (Å²) in [5, 5.41) is 4.90. The lowest BCUT2D eigenvalue weighted by molar-refractivity contribution is -0.118. The number of amides is 3. The fraction of sp³-hybridized carbons (Fsp3) is 0.263. The largest absolute Gasteiger partial charge is 0.334 e. The maximum Gasteiger partial charge on any atom is 0.319 e. The number of nitrogens with one attached hydrogen (secondary N) is 2. The van der Waals surface area contributed by atoms with Crippen molar-refractivity contribution in [3.8, 4) is 0 Å². The van der Waals surface area contributed by atoms with Crippen molar-refractivity contribution >= 4 is 23.3 Å². The molecule has 2 N–H and O–H groups in total. The second-order valence-corrected chi connectivity index (χ2v) is 6.04. The Labute approximate surface area is 150 Å². The fourth-order valence-corrected chi connectivity index (χ4v) is 2.96. The summed E-state index contributed by atoms with van der Waals surface area (Å²) in [5.74, 6) is -1.25. The van der Waals surface area contributed by atoms with Crippen LogP contribution in [-0.2, 0) is 17.8 Å². The second kappa shape index (κ2) is 7.51. The smallest absolute Gasteiger partial charge is 0.319 e. The van der Waals surface area contributed by atoms with E-state index in [4.69, 9.17) is 0 Å². The molecule has 5 nitrogen and oxygen atoms in total. The lowest BCUT2D eigenvalue weighted by atomic mass is 10.1. The van der Waals surface area contributed by atoms with Crippen molar-refractivity contribution in [3.05, 3.63) is 59.2 Å². The molecule has 1 heterocycles. The molecule has 0 saturated carbocycles. The minimum Gasteiger partial charge on any atom is -0.334 e. The average molecular weight is 359 g/mol. The van der Waals surface area contributed by atoms with E-state index in [0.717, 1.165) is 41.4 Å². The first-order valence-electron chi connectivity index (χ1n) is 8.40. The van der Waals surface area contributed by atoms with Crippen LogP contribution in [0.4, 0.5) is 25.0 Å². The monoisotopic (exact) mass is 359 g/mol. The van der Waals surface area contributed by atoms with E-state index >= 15 is 0 Å². The Morgan fingerprint density at radius 3 is 2.73 bits per heavy atom. The van der Waals surface area contributed by atoms with E-state index in [9.17, 15) is 18.4 Å². The van der Waals surface area contributed by atoms with Crippen molar-refractivity contribution < 1.29 is 18.4 Å². The molecule has 0 aliphatic carbocycles. The number of rotatable bonds is 4. The van der Waals surface area contributed by atoms with Gasteiger partial charge in [0.2, 0.25) is 5.91 Å². The molecular formula is C19H19F2N3O2. The number of carbonyl (C=O) groups is 2. The predicted molar refractivity (Wildman–Crippen MR) is 95.0 cm³/mol. The highest BCUT2D eigenvalue weighted by Crippen LogP contribution is 2.29. The van der Waals surface area contributed by atoms with Crippen LogP contribution in [0.2, 0.25) is 0 Å². The van der Waals surface area contributed by atoms with Crippen molar-refractivity contribution in [2.24, 2.45) is 0 Å². The fourth-order valence-electron chi connectivity index (χ4n) is 2.96. The predicted octanol–water partition coefficient (Wildman–Crippen LogP) is 3.59. The van der Waals surface area contributed by atoms with Crippen LogP contribution >= 0.6 is 0 Å². The van der Waals surface area contributed by atoms with Gasteiger partial charge in [0.1, 0.15) is 11.6 Å². The first-order chi connectivity index (χ1) is 12.5. The van der Waals surface area contributed by atoms with Crippen LogP contribution in [-0.4, -0.2) is 18.5 Å². The quantitative estimate of drug-likeness (QED) is 0.876. The molecule has 7 heteroatoms. The Hall–Kier alpha value is -2.96. The molecule has 0 unspecified atom stereocenters. The van der Waals surface area contributed by atoms with Gasteiger partial charge in [0.05, 0.1) is 5.69 Å². The summed E-state index contributed by atoms with van der Waals surface area (Å²) < 4.78 is 26.7. The van der Waals surface area contributed by atoms with Gasteiger partial charge in [-0.1, -0.05) is 19.1 Å². The number of hydrogen-bond donors (Lipinski definition) is 2. The average Bonchev–Trinajstić information content (AvgIpc) is 3.05. The van der Waals surface area contributed by atoms with Crippen molar-refractivity contribution in [2.75, 3.05) is 16.8 Å². The molecule has 0 fully saturated rings. The highest BCUT2D eigenvalue weighted by Gasteiger charge is 2.23. The van der Waals surface area contributed by atoms with Crippen molar-refractivity contribution in [1.82, 2.24) is 5.32 Å². The zero-order chi connectivity index (χ0) is 18.7. The first kappa shape index (κ1) is 17.8. The van der Waals surface area contributed by atoms with Gasteiger partial charge >= 0.3 is 6.03 Å². The van der Waals surface area contributed by atoms with Crippen LogP contribution in [0.5, 0.6) is 0 Å². The molecule has 0 spiro atoms. The van der Waals surface area contributed by atoms with E-state index in [-0.39, 0.29) is 18.1 Å². The van der Waals surface area contributed by atoms with Crippen molar-refractivity contribution in [2.45, 2.75) is 26.3 Å². The van der Waals surface area contributed by atoms with Crippen LogP contribution in [0.25, 0.3) is 0 Å². The molecule has 26 heavy (non-hydrogen) atoms. The van der Waals surface area contributed by atoms with E-state index in [1.165, 1.54) is 0 Å². The van der Waals surface area contributed by atoms with E-state index < -0.39 is 17.7 Å². The minimum atomic E-state index is -0.709. The number of benzene rings is 2. The van der Waals surface area contributed by atoms with Gasteiger partial charge in [-0.25, -0.2) is 13.6 Å². The van der Waals surface area contributed by atoms with E-state index in [1.807, 2.05) is 25.1 Å². The second-order valence-electron chi connectivity index (χ2n) is 6.04. The molecule has 1 aliphatic rings. The van der Waals surface area contributed by atoms with Crippen LogP contribution in [0.15, 0.2) is 36.4 Å². The molecule has 0 aromatic heterocycles. The SMILES string of the molecule is CCC(=O)N1CCc2cc(CNC(=O)Nc3cc(F)ccc3F)ccc21. The molecule has 0 bridgehead atoms. The third kappa shape index (κ3) is 3.82. The zero-order valence-electron chi connectivity index (χ0n) is 14.3. The van der Waals surface area contributed by atoms with Gasteiger partial charge in [0.25, 0.3) is 0 Å². The Bertz CT molecular complexity index is 855. The first-order valence-corrected chi connectivity index (χ1v) is 8.40. The third-order valence-electron chi connectivity index (χ3n) is 4.27. The topological polar surface area (TPSA) is 61.4 Å². The summed E-state index contributed by atoms with van der Waals surface area (Å²) >= 11 is 0. The molecule has 136 valence electrons. The van der Waals surface area contributed by atoms with Crippen LogP contribution in [0.1, 0.15) is 24.5 Å². The molecule has 2 aromatic carbocycles. The van der Waals surface area contributed by atoms with Gasteiger partial charge in [0.15, 0.2) is 0 Å². The van der Waals surface area contributed by atoms with Gasteiger partial charge in [-0.3, -0.25) is 4.79 Å². The maximum atomic E-state index is 13.5. The highest BCUT2D eigenvalue weighted by molar-refractivity contribution is 5.95. The molecular weight excluding hydrogens is 340 g/mol. The number of anilines is 2. The van der Waals surface area contributed by atoms with Gasteiger partial charge in [-0.2, -0.15) is 0 Å². The normalized spacial score (nSPS) is 12.7. The molecule has 3 rings (SSSR count). The summed E-state index contributed by atoms with van der Waals surface area (Å²) in [6.07, 6.45) is 1.23. The summed E-state index contributed by atoms with van der Waals surface area (Å²) in [4.78, 5) is 25.6. The van der Waals surface area contributed by atoms with E-state index in [1.54, 1.807) is 4.90 Å². The number of halogens is 2. The van der Waals surface area contributed by atoms with Gasteiger partial charge in [-0.15, -0.1) is 0 Å². The molecule has 1 aliphatic heterocycles. The van der Waals surface area contributed by atoms with Crippen molar-refractivity contribution in [1.29, 1.82) is 0 Å². The Morgan fingerprint density at radius 2 is 1.96 bits per heavy atom. The molecule has 0 radical (unpaired) electrons. The number of urea groups is 1. The van der Waals surface area contributed by atoms with Crippen LogP contribution in [0.3, 0.4) is 0 Å². The Morgan fingerprint density at radius 1 is 1.15 bits per heavy atom. The summed E-state index contributed by atoms with van der Waals surface area (Å²) in [7, 11) is 0. The van der Waals surface area contributed by atoms with E-state index in [2.05, 4.69) is 10.6 Å². The molecule has 0 saturated heterocycles. The Balaban J connectivity index is 1.61. The van der Waals surface area contributed by atoms with Gasteiger partial charge in [-0.05, 0) is 35.7 Å². The lowest BCUT2D eigenvalue weighted by Gasteiger charge is -2.16. The van der Waals surface area contributed by atoms with Gasteiger partial charge < -0.3 is 15.5 Å². The number of carbonyl (C=O) groups excluding carboxylic acids is 2. The minimum absolute atomic E-state index is 0.0890. The van der Waals surface area contributed by atoms with Crippen LogP contribution in [0, 0.1) is 11.6 Å². The highest BCUT2D eigenvalue weighted by atomic mass is 19.1. The molecule has 0 atom stereocenters. The van der Waals surface area contributed by atoms with E-state index in [0.29, 0.717) is 13.0 Å². The Kier molecular flexibility index (Phi) is 5.16. The lowest BCUT2D eigenvalue weighted by Crippen LogP contribution is -2.29. The molecule has 3 amide bonds. The van der Waals surface area contributed by atoms with Crippen molar-refractivity contribution in [3.63, 3.8) is 0 Å². The number of fused-ring (bicyclic) bond motifs is 1. The van der Waals surface area contributed by atoms with Crippen LogP contribution < -0.4 is 15.5 Å². The summed E-state index contributed by atoms with van der Waals surface area (Å²) in [6, 6.07) is 7.88. The zero-order valence-corrected chi connectivity index (χ0v) is 14.3. The molecule has 2 aromatic rings. The number of hydrogen-bond acceptors (Lipinski definition) is 2. The maximum absolute atomic E-state index is 13.5. The summed E-state index contributed by atoms with van der Waals surface area (Å²) in [6.45, 7) is 2.73. The summed E-state index contributed by atoms with van der Waals surface area (Å²) in [5.41, 5.74) is 2.61.